The second-order valence-electron chi connectivity index (χ2n) is 5.20. The van der Waals surface area contributed by atoms with E-state index in [1.807, 2.05) is 18.5 Å². The first-order chi connectivity index (χ1) is 8.66. The number of aromatic amines is 1. The van der Waals surface area contributed by atoms with Gasteiger partial charge in [-0.1, -0.05) is 0 Å². The molecule has 1 aliphatic rings. The molecule has 4 nitrogen and oxygen atoms in total. The first-order valence-electron chi connectivity index (χ1n) is 6.41. The molecule has 0 spiro atoms. The van der Waals surface area contributed by atoms with Crippen molar-refractivity contribution in [1.82, 2.24) is 19.4 Å². The van der Waals surface area contributed by atoms with Gasteiger partial charge in [0.25, 0.3) is 0 Å². The van der Waals surface area contributed by atoms with Gasteiger partial charge in [-0.3, -0.25) is 4.98 Å². The average molecular weight is 262 g/mol. The van der Waals surface area contributed by atoms with Crippen LogP contribution in [0.1, 0.15) is 25.8 Å². The Balaban J connectivity index is 2.04. The maximum absolute atomic E-state index is 5.47. The summed E-state index contributed by atoms with van der Waals surface area (Å²) < 4.78 is 3.09. The fourth-order valence-electron chi connectivity index (χ4n) is 2.84. The van der Waals surface area contributed by atoms with Crippen LogP contribution in [0.5, 0.6) is 0 Å². The molecule has 0 amide bonds. The monoisotopic (exact) mass is 262 g/mol. The lowest BCUT2D eigenvalue weighted by molar-refractivity contribution is 0.158. The standard InChI is InChI=1S/C13H18N4S/c1-9-7-10(4-6-16(9)2)17-12-3-5-14-8-11(12)15-13(17)18/h3,5,8-10H,4,6-7H2,1-2H3,(H,15,18). The predicted octanol–water partition coefficient (Wildman–Crippen LogP) is 2.75. The summed E-state index contributed by atoms with van der Waals surface area (Å²) in [5, 5.41) is 0. The number of fused-ring (bicyclic) bond motifs is 1. The van der Waals surface area contributed by atoms with E-state index in [1.54, 1.807) is 0 Å². The molecule has 2 aromatic heterocycles. The lowest BCUT2D eigenvalue weighted by Gasteiger charge is -2.35. The normalized spacial score (nSPS) is 25.7. The minimum Gasteiger partial charge on any atom is -0.329 e. The Kier molecular flexibility index (Phi) is 2.95. The molecule has 96 valence electrons. The summed E-state index contributed by atoms with van der Waals surface area (Å²) in [5.74, 6) is 0. The Morgan fingerprint density at radius 3 is 3.11 bits per heavy atom. The van der Waals surface area contributed by atoms with Gasteiger partial charge in [-0.25, -0.2) is 0 Å². The SMILES string of the molecule is CC1CC(n2c(=S)[nH]c3cnccc32)CCN1C. The second kappa shape index (κ2) is 4.48. The van der Waals surface area contributed by atoms with Gasteiger partial charge in [-0.2, -0.15) is 0 Å². The van der Waals surface area contributed by atoms with Crippen molar-refractivity contribution in [3.8, 4) is 0 Å². The fourth-order valence-corrected chi connectivity index (χ4v) is 3.20. The summed E-state index contributed by atoms with van der Waals surface area (Å²) in [6.07, 6.45) is 5.99. The van der Waals surface area contributed by atoms with E-state index >= 15 is 0 Å². The third-order valence-electron chi connectivity index (χ3n) is 4.06. The number of pyridine rings is 1. The summed E-state index contributed by atoms with van der Waals surface area (Å²) in [5.41, 5.74) is 2.21. The number of nitrogens with one attached hydrogen (secondary N) is 1. The van der Waals surface area contributed by atoms with Crippen molar-refractivity contribution in [3.05, 3.63) is 23.2 Å². The summed E-state index contributed by atoms with van der Waals surface area (Å²) in [4.78, 5) is 9.81. The van der Waals surface area contributed by atoms with E-state index in [2.05, 4.69) is 33.4 Å². The minimum absolute atomic E-state index is 0.500. The van der Waals surface area contributed by atoms with E-state index in [0.717, 1.165) is 29.7 Å². The Morgan fingerprint density at radius 2 is 2.33 bits per heavy atom. The molecule has 1 N–H and O–H groups in total. The zero-order chi connectivity index (χ0) is 12.7. The number of nitrogens with zero attached hydrogens (tertiary/aromatic N) is 3. The third kappa shape index (κ3) is 1.87. The van der Waals surface area contributed by atoms with Crippen LogP contribution in [0.15, 0.2) is 18.5 Å². The zero-order valence-corrected chi connectivity index (χ0v) is 11.6. The molecule has 18 heavy (non-hydrogen) atoms. The minimum atomic E-state index is 0.500. The van der Waals surface area contributed by atoms with E-state index in [0.29, 0.717) is 12.1 Å². The number of piperidine rings is 1. The Hall–Kier alpha value is -1.20. The van der Waals surface area contributed by atoms with E-state index in [-0.39, 0.29) is 0 Å². The summed E-state index contributed by atoms with van der Waals surface area (Å²) >= 11 is 5.47. The van der Waals surface area contributed by atoms with Gasteiger partial charge < -0.3 is 14.5 Å². The van der Waals surface area contributed by atoms with Crippen molar-refractivity contribution in [1.29, 1.82) is 0 Å². The highest BCUT2D eigenvalue weighted by Crippen LogP contribution is 2.29. The average Bonchev–Trinajstić information content (AvgIpc) is 2.69. The first-order valence-corrected chi connectivity index (χ1v) is 6.82. The highest BCUT2D eigenvalue weighted by molar-refractivity contribution is 7.71. The molecule has 0 bridgehead atoms. The highest BCUT2D eigenvalue weighted by Gasteiger charge is 2.25. The van der Waals surface area contributed by atoms with Crippen LogP contribution in [0.3, 0.4) is 0 Å². The zero-order valence-electron chi connectivity index (χ0n) is 10.8. The van der Waals surface area contributed by atoms with E-state index in [9.17, 15) is 0 Å². The van der Waals surface area contributed by atoms with Crippen LogP contribution in [0.2, 0.25) is 0 Å². The number of likely N-dealkylation sites (tertiary alicyclic amines) is 1. The van der Waals surface area contributed by atoms with Crippen molar-refractivity contribution >= 4 is 23.3 Å². The molecule has 2 atom stereocenters. The molecule has 2 unspecified atom stereocenters. The summed E-state index contributed by atoms with van der Waals surface area (Å²) in [6.45, 7) is 3.41. The number of hydrogen-bond acceptors (Lipinski definition) is 3. The maximum Gasteiger partial charge on any atom is 0.178 e. The maximum atomic E-state index is 5.47. The molecule has 0 saturated carbocycles. The van der Waals surface area contributed by atoms with Crippen molar-refractivity contribution in [2.45, 2.75) is 31.8 Å². The second-order valence-corrected chi connectivity index (χ2v) is 5.59. The van der Waals surface area contributed by atoms with Gasteiger partial charge in [-0.05, 0) is 45.1 Å². The molecule has 0 aliphatic carbocycles. The van der Waals surface area contributed by atoms with Crippen LogP contribution < -0.4 is 0 Å². The topological polar surface area (TPSA) is 36.9 Å². The molecule has 0 radical (unpaired) electrons. The largest absolute Gasteiger partial charge is 0.329 e. The summed E-state index contributed by atoms with van der Waals surface area (Å²) in [7, 11) is 2.19. The Bertz CT molecular complexity index is 615. The molecule has 2 aromatic rings. The van der Waals surface area contributed by atoms with Gasteiger partial charge in [-0.15, -0.1) is 0 Å². The third-order valence-corrected chi connectivity index (χ3v) is 4.36. The Morgan fingerprint density at radius 1 is 1.50 bits per heavy atom. The molecule has 0 aromatic carbocycles. The van der Waals surface area contributed by atoms with E-state index in [4.69, 9.17) is 12.2 Å². The van der Waals surface area contributed by atoms with Gasteiger partial charge in [0, 0.05) is 24.8 Å². The van der Waals surface area contributed by atoms with Crippen LogP contribution in [-0.2, 0) is 0 Å². The van der Waals surface area contributed by atoms with Crippen molar-refractivity contribution < 1.29 is 0 Å². The first kappa shape index (κ1) is 11.9. The fraction of sp³-hybridized carbons (Fsp3) is 0.538. The van der Waals surface area contributed by atoms with E-state index in [1.165, 1.54) is 5.52 Å². The molecule has 1 aliphatic heterocycles. The molecular weight excluding hydrogens is 244 g/mol. The quantitative estimate of drug-likeness (QED) is 0.803. The molecule has 5 heteroatoms. The van der Waals surface area contributed by atoms with Crippen LogP contribution in [0, 0.1) is 4.77 Å². The lowest BCUT2D eigenvalue weighted by Crippen LogP contribution is -2.38. The van der Waals surface area contributed by atoms with Gasteiger partial charge >= 0.3 is 0 Å². The molecule has 3 rings (SSSR count). The van der Waals surface area contributed by atoms with Crippen LogP contribution in [0.25, 0.3) is 11.0 Å². The van der Waals surface area contributed by atoms with Gasteiger partial charge in [0.2, 0.25) is 0 Å². The van der Waals surface area contributed by atoms with Gasteiger partial charge in [0.1, 0.15) is 0 Å². The van der Waals surface area contributed by atoms with E-state index < -0.39 is 0 Å². The van der Waals surface area contributed by atoms with Gasteiger partial charge in [0.15, 0.2) is 4.77 Å². The van der Waals surface area contributed by atoms with Crippen LogP contribution in [-0.4, -0.2) is 39.1 Å². The number of hydrogen-bond donors (Lipinski definition) is 1. The van der Waals surface area contributed by atoms with Crippen molar-refractivity contribution in [2.24, 2.45) is 0 Å². The number of aromatic nitrogens is 3. The van der Waals surface area contributed by atoms with Crippen molar-refractivity contribution in [3.63, 3.8) is 0 Å². The molecule has 1 fully saturated rings. The number of rotatable bonds is 1. The number of imidazole rings is 1. The lowest BCUT2D eigenvalue weighted by atomic mass is 9.98. The molecular formula is C13H18N4S. The smallest absolute Gasteiger partial charge is 0.178 e. The highest BCUT2D eigenvalue weighted by atomic mass is 32.1. The predicted molar refractivity (Wildman–Crippen MR) is 75.3 cm³/mol. The van der Waals surface area contributed by atoms with Crippen LogP contribution >= 0.6 is 12.2 Å². The Labute approximate surface area is 112 Å². The summed E-state index contributed by atoms with van der Waals surface area (Å²) in [6, 6.07) is 3.15. The van der Waals surface area contributed by atoms with Gasteiger partial charge in [0.05, 0.1) is 17.2 Å². The van der Waals surface area contributed by atoms with Crippen molar-refractivity contribution in [2.75, 3.05) is 13.6 Å². The molecule has 3 heterocycles. The van der Waals surface area contributed by atoms with Crippen LogP contribution in [0.4, 0.5) is 0 Å². The molecule has 1 saturated heterocycles. The number of H-pyrrole nitrogens is 1.